The van der Waals surface area contributed by atoms with E-state index >= 15 is 0 Å². The summed E-state index contributed by atoms with van der Waals surface area (Å²) in [4.78, 5) is 25.2. The van der Waals surface area contributed by atoms with Crippen LogP contribution in [0.25, 0.3) is 0 Å². The number of pyridine rings is 2. The van der Waals surface area contributed by atoms with E-state index in [2.05, 4.69) is 14.9 Å². The van der Waals surface area contributed by atoms with E-state index in [-0.39, 0.29) is 11.3 Å². The van der Waals surface area contributed by atoms with Crippen LogP contribution in [0, 0.1) is 5.41 Å². The summed E-state index contributed by atoms with van der Waals surface area (Å²) in [6, 6.07) is 5.22. The van der Waals surface area contributed by atoms with E-state index in [4.69, 9.17) is 23.2 Å². The number of carbonyl (C=O) groups excluding carboxylic acids is 1. The molecule has 2 fully saturated rings. The summed E-state index contributed by atoms with van der Waals surface area (Å²) in [6.45, 7) is 2.56. The molecular weight excluding hydrogens is 399 g/mol. The average molecular weight is 421 g/mol. The molecule has 0 aromatic carbocycles. The Morgan fingerprint density at radius 2 is 2.04 bits per heavy atom. The van der Waals surface area contributed by atoms with Gasteiger partial charge in [-0.25, -0.2) is 4.98 Å². The van der Waals surface area contributed by atoms with Gasteiger partial charge in [0.1, 0.15) is 5.82 Å². The lowest BCUT2D eigenvalue weighted by molar-refractivity contribution is -0.0150. The lowest BCUT2D eigenvalue weighted by atomic mass is 9.71. The smallest absolute Gasteiger partial charge is 0.255 e. The average Bonchev–Trinajstić information content (AvgIpc) is 2.69. The van der Waals surface area contributed by atoms with Crippen molar-refractivity contribution < 1.29 is 9.90 Å². The van der Waals surface area contributed by atoms with Crippen LogP contribution in [-0.4, -0.2) is 58.2 Å². The SMILES string of the molecule is O=C(c1cccnc1)N1CC(O)CC2(CCN(c3ncc(Cl)cc3Cl)CC2)C1. The highest BCUT2D eigenvalue weighted by Gasteiger charge is 2.43. The number of nitrogens with zero attached hydrogens (tertiary/aromatic N) is 4. The van der Waals surface area contributed by atoms with Gasteiger partial charge in [-0.2, -0.15) is 0 Å². The normalized spacial score (nSPS) is 21.8. The van der Waals surface area contributed by atoms with Gasteiger partial charge in [0.25, 0.3) is 5.91 Å². The van der Waals surface area contributed by atoms with Crippen molar-refractivity contribution >= 4 is 34.9 Å². The molecule has 2 aliphatic rings. The second-order valence-electron chi connectivity index (χ2n) is 7.73. The number of carbonyl (C=O) groups is 1. The molecule has 2 aliphatic heterocycles. The Kier molecular flexibility index (Phi) is 5.45. The standard InChI is InChI=1S/C20H22Cl2N4O2/c21-15-8-17(22)18(24-11-15)25-6-3-20(4-7-25)9-16(27)12-26(13-20)19(28)14-2-1-5-23-10-14/h1-2,5,8,10-11,16,27H,3-4,6-7,9,12-13H2. The number of aliphatic hydroxyl groups is 1. The number of β-amino-alcohol motifs (C(OH)–C–C–N with tert-alkyl or cyclic N) is 1. The number of aromatic nitrogens is 2. The zero-order valence-corrected chi connectivity index (χ0v) is 16.9. The molecule has 28 heavy (non-hydrogen) atoms. The van der Waals surface area contributed by atoms with E-state index in [0.717, 1.165) is 31.7 Å². The van der Waals surface area contributed by atoms with E-state index in [1.54, 1.807) is 41.7 Å². The van der Waals surface area contributed by atoms with Gasteiger partial charge < -0.3 is 14.9 Å². The molecule has 1 unspecified atom stereocenters. The van der Waals surface area contributed by atoms with E-state index in [9.17, 15) is 9.90 Å². The monoisotopic (exact) mass is 420 g/mol. The van der Waals surface area contributed by atoms with E-state index < -0.39 is 6.10 Å². The molecule has 1 N–H and O–H groups in total. The zero-order valence-electron chi connectivity index (χ0n) is 15.4. The second-order valence-corrected chi connectivity index (χ2v) is 8.57. The Morgan fingerprint density at radius 3 is 2.71 bits per heavy atom. The van der Waals surface area contributed by atoms with Crippen LogP contribution >= 0.6 is 23.2 Å². The molecule has 2 aromatic heterocycles. The van der Waals surface area contributed by atoms with Crippen molar-refractivity contribution in [2.45, 2.75) is 25.4 Å². The summed E-state index contributed by atoms with van der Waals surface area (Å²) in [7, 11) is 0. The number of anilines is 1. The molecular formula is C20H22Cl2N4O2. The molecule has 2 aromatic rings. The lowest BCUT2D eigenvalue weighted by Crippen LogP contribution is -2.55. The van der Waals surface area contributed by atoms with Crippen molar-refractivity contribution in [2.24, 2.45) is 5.41 Å². The third kappa shape index (κ3) is 3.95. The van der Waals surface area contributed by atoms with Crippen molar-refractivity contribution in [3.63, 3.8) is 0 Å². The number of hydrogen-bond acceptors (Lipinski definition) is 5. The van der Waals surface area contributed by atoms with Crippen molar-refractivity contribution in [3.05, 3.63) is 52.4 Å². The van der Waals surface area contributed by atoms with Gasteiger partial charge >= 0.3 is 0 Å². The molecule has 4 rings (SSSR count). The van der Waals surface area contributed by atoms with Gasteiger partial charge in [0.15, 0.2) is 0 Å². The fraction of sp³-hybridized carbons (Fsp3) is 0.450. The molecule has 8 heteroatoms. The van der Waals surface area contributed by atoms with Crippen molar-refractivity contribution in [1.29, 1.82) is 0 Å². The summed E-state index contributed by atoms with van der Waals surface area (Å²) >= 11 is 12.3. The minimum atomic E-state index is -0.516. The number of piperidine rings is 2. The quantitative estimate of drug-likeness (QED) is 0.806. The fourth-order valence-corrected chi connectivity index (χ4v) is 4.87. The first-order valence-electron chi connectivity index (χ1n) is 9.39. The van der Waals surface area contributed by atoms with Crippen LogP contribution in [0.4, 0.5) is 5.82 Å². The van der Waals surface area contributed by atoms with Crippen molar-refractivity contribution in [3.8, 4) is 0 Å². The van der Waals surface area contributed by atoms with Gasteiger partial charge in [0.05, 0.1) is 21.7 Å². The molecule has 0 aliphatic carbocycles. The Balaban J connectivity index is 1.47. The first-order chi connectivity index (χ1) is 13.5. The van der Waals surface area contributed by atoms with E-state index in [0.29, 0.717) is 35.1 Å². The molecule has 6 nitrogen and oxygen atoms in total. The Morgan fingerprint density at radius 1 is 1.25 bits per heavy atom. The molecule has 2 saturated heterocycles. The molecule has 1 spiro atoms. The van der Waals surface area contributed by atoms with Crippen LogP contribution in [0.1, 0.15) is 29.6 Å². The first kappa shape index (κ1) is 19.4. The molecule has 0 saturated carbocycles. The number of rotatable bonds is 2. The van der Waals surface area contributed by atoms with Gasteiger partial charge in [0.2, 0.25) is 0 Å². The van der Waals surface area contributed by atoms with Crippen molar-refractivity contribution in [1.82, 2.24) is 14.9 Å². The predicted octanol–water partition coefficient (Wildman–Crippen LogP) is 3.28. The maximum atomic E-state index is 12.9. The second kappa shape index (κ2) is 7.85. The molecule has 0 radical (unpaired) electrons. The Labute approximate surface area is 174 Å². The van der Waals surface area contributed by atoms with Crippen molar-refractivity contribution in [2.75, 3.05) is 31.1 Å². The fourth-order valence-electron chi connectivity index (χ4n) is 4.37. The van der Waals surface area contributed by atoms with Gasteiger partial charge in [0, 0.05) is 44.8 Å². The minimum Gasteiger partial charge on any atom is -0.391 e. The van der Waals surface area contributed by atoms with E-state index in [1.165, 1.54) is 0 Å². The molecule has 1 atom stereocenters. The third-order valence-electron chi connectivity index (χ3n) is 5.73. The predicted molar refractivity (Wildman–Crippen MR) is 109 cm³/mol. The number of aliphatic hydroxyl groups excluding tert-OH is 1. The molecule has 1 amide bonds. The summed E-state index contributed by atoms with van der Waals surface area (Å²) in [5, 5.41) is 11.5. The van der Waals surface area contributed by atoms with Crippen LogP contribution in [0.3, 0.4) is 0 Å². The summed E-state index contributed by atoms with van der Waals surface area (Å²) in [5.74, 6) is 0.664. The highest BCUT2D eigenvalue weighted by Crippen LogP contribution is 2.42. The van der Waals surface area contributed by atoms with E-state index in [1.807, 2.05) is 0 Å². The third-order valence-corrected chi connectivity index (χ3v) is 6.22. The number of amides is 1. The number of halogens is 2. The van der Waals surface area contributed by atoms with Gasteiger partial charge in [-0.05, 0) is 42.9 Å². The largest absolute Gasteiger partial charge is 0.391 e. The van der Waals surface area contributed by atoms with Crippen LogP contribution in [0.2, 0.25) is 10.0 Å². The number of hydrogen-bond donors (Lipinski definition) is 1. The number of likely N-dealkylation sites (tertiary alicyclic amines) is 1. The Bertz CT molecular complexity index is 857. The molecule has 4 heterocycles. The lowest BCUT2D eigenvalue weighted by Gasteiger charge is -2.49. The van der Waals surface area contributed by atoms with Gasteiger partial charge in [-0.1, -0.05) is 23.2 Å². The van der Waals surface area contributed by atoms with Gasteiger partial charge in [-0.15, -0.1) is 0 Å². The molecule has 0 bridgehead atoms. The van der Waals surface area contributed by atoms with Crippen LogP contribution < -0.4 is 4.90 Å². The summed E-state index contributed by atoms with van der Waals surface area (Å²) < 4.78 is 0. The van der Waals surface area contributed by atoms with Gasteiger partial charge in [-0.3, -0.25) is 9.78 Å². The van der Waals surface area contributed by atoms with Crippen LogP contribution in [0.5, 0.6) is 0 Å². The summed E-state index contributed by atoms with van der Waals surface area (Å²) in [5.41, 5.74) is 0.464. The Hall–Kier alpha value is -1.89. The highest BCUT2D eigenvalue weighted by molar-refractivity contribution is 6.36. The maximum absolute atomic E-state index is 12.9. The minimum absolute atomic E-state index is 0.0731. The van der Waals surface area contributed by atoms with Crippen LogP contribution in [0.15, 0.2) is 36.8 Å². The highest BCUT2D eigenvalue weighted by atomic mass is 35.5. The first-order valence-corrected chi connectivity index (χ1v) is 10.1. The molecule has 148 valence electrons. The zero-order chi connectivity index (χ0) is 19.7. The van der Waals surface area contributed by atoms with Crippen LogP contribution in [-0.2, 0) is 0 Å². The maximum Gasteiger partial charge on any atom is 0.255 e. The summed E-state index contributed by atoms with van der Waals surface area (Å²) in [6.07, 6.45) is 6.74. The topological polar surface area (TPSA) is 69.6 Å².